The Labute approximate surface area is 348 Å². The van der Waals surface area contributed by atoms with Crippen molar-refractivity contribution < 1.29 is 233 Å². The SMILES string of the molecule is CC(C)CN1C[CH-]N(CC2CCC(C(C)C)CC2)[CH-]C1.[Rb+].[Rb+].[Rb+].[Rb+]. The molecule has 1 saturated heterocycles. The van der Waals surface area contributed by atoms with Gasteiger partial charge in [0.25, 0.3) is 0 Å². The molecule has 0 amide bonds. The summed E-state index contributed by atoms with van der Waals surface area (Å²) in [6.07, 6.45) is 5.79. The molecule has 0 bridgehead atoms. The monoisotopic (exact) mass is 618 g/mol. The Bertz CT molecular complexity index is 274. The molecule has 1 aliphatic carbocycles. The summed E-state index contributed by atoms with van der Waals surface area (Å²) < 4.78 is 0. The van der Waals surface area contributed by atoms with E-state index in [1.54, 1.807) is 0 Å². The molecule has 1 aliphatic heterocycles. The van der Waals surface area contributed by atoms with Crippen LogP contribution in [0.4, 0.5) is 0 Å². The molecule has 0 spiro atoms. The quantitative estimate of drug-likeness (QED) is 0.282. The van der Waals surface area contributed by atoms with Gasteiger partial charge in [-0.3, -0.25) is 13.1 Å². The maximum atomic E-state index is 2.54. The number of nitrogens with zero attached hydrogens (tertiary/aromatic N) is 2. The van der Waals surface area contributed by atoms with Gasteiger partial charge in [-0.2, -0.15) is 0 Å². The molecule has 24 heavy (non-hydrogen) atoms. The van der Waals surface area contributed by atoms with Crippen LogP contribution in [0.25, 0.3) is 0 Å². The van der Waals surface area contributed by atoms with E-state index in [4.69, 9.17) is 0 Å². The molecule has 2 aliphatic rings. The van der Waals surface area contributed by atoms with Crippen molar-refractivity contribution in [1.29, 1.82) is 0 Å². The van der Waals surface area contributed by atoms with Crippen molar-refractivity contribution >= 4 is 0 Å². The fourth-order valence-corrected chi connectivity index (χ4v) is 3.74. The van der Waals surface area contributed by atoms with Gasteiger partial charge in [0.15, 0.2) is 0 Å². The van der Waals surface area contributed by atoms with Gasteiger partial charge in [0.1, 0.15) is 0 Å². The van der Waals surface area contributed by atoms with E-state index >= 15 is 0 Å². The third kappa shape index (κ3) is 15.1. The van der Waals surface area contributed by atoms with Crippen molar-refractivity contribution in [1.82, 2.24) is 9.80 Å². The summed E-state index contributed by atoms with van der Waals surface area (Å²) in [7, 11) is 0. The average molecular weight is 620 g/mol. The van der Waals surface area contributed by atoms with Crippen LogP contribution in [0.15, 0.2) is 0 Å². The molecule has 1 heterocycles. The van der Waals surface area contributed by atoms with Gasteiger partial charge in [-0.15, -0.1) is 13.1 Å². The van der Waals surface area contributed by atoms with E-state index in [9.17, 15) is 0 Å². The molecule has 0 aromatic heterocycles. The Morgan fingerprint density at radius 1 is 0.833 bits per heavy atom. The van der Waals surface area contributed by atoms with Crippen molar-refractivity contribution in [2.24, 2.45) is 23.7 Å². The van der Waals surface area contributed by atoms with E-state index in [-0.39, 0.29) is 233 Å². The van der Waals surface area contributed by atoms with Crippen molar-refractivity contribution in [2.75, 3.05) is 26.2 Å². The van der Waals surface area contributed by atoms with Gasteiger partial charge >= 0.3 is 233 Å². The van der Waals surface area contributed by atoms with E-state index in [0.717, 1.165) is 36.8 Å². The first kappa shape index (κ1) is 35.7. The predicted octanol–water partition coefficient (Wildman–Crippen LogP) is -7.94. The summed E-state index contributed by atoms with van der Waals surface area (Å²) in [5.74, 6) is 3.57. The first-order chi connectivity index (χ1) is 9.54. The second kappa shape index (κ2) is 20.7. The second-order valence-corrected chi connectivity index (χ2v) is 7.70. The van der Waals surface area contributed by atoms with Crippen molar-refractivity contribution in [3.8, 4) is 0 Å². The fourth-order valence-electron chi connectivity index (χ4n) is 3.74. The van der Waals surface area contributed by atoms with Gasteiger partial charge in [0.2, 0.25) is 0 Å². The Morgan fingerprint density at radius 3 is 1.75 bits per heavy atom. The summed E-state index contributed by atoms with van der Waals surface area (Å²) in [6.45, 7) is 19.0. The van der Waals surface area contributed by atoms with Crippen molar-refractivity contribution in [2.45, 2.75) is 53.4 Å². The van der Waals surface area contributed by atoms with Crippen molar-refractivity contribution in [3.63, 3.8) is 0 Å². The molecule has 0 aromatic rings. The number of hydrogen-bond acceptors (Lipinski definition) is 2. The smallest absolute Gasteiger partial charge is 0.603 e. The fraction of sp³-hybridized carbons (Fsp3) is 0.889. The van der Waals surface area contributed by atoms with Crippen LogP contribution in [-0.2, 0) is 0 Å². The topological polar surface area (TPSA) is 6.48 Å². The largest absolute Gasteiger partial charge is 1.00 e. The van der Waals surface area contributed by atoms with E-state index in [0.29, 0.717) is 0 Å². The third-order valence-corrected chi connectivity index (χ3v) is 5.08. The number of piperazine rings is 1. The first-order valence-corrected chi connectivity index (χ1v) is 8.69. The van der Waals surface area contributed by atoms with Gasteiger partial charge in [-0.05, 0) is 55.9 Å². The minimum atomic E-state index is 0. The number of rotatable bonds is 5. The summed E-state index contributed by atoms with van der Waals surface area (Å²) in [4.78, 5) is 5.02. The molecular formula is C18H34N2Rb4+2. The molecule has 2 nitrogen and oxygen atoms in total. The summed E-state index contributed by atoms with van der Waals surface area (Å²) in [5, 5.41) is 0. The molecule has 0 aromatic carbocycles. The molecule has 2 fully saturated rings. The van der Waals surface area contributed by atoms with Crippen LogP contribution in [-0.4, -0.2) is 36.0 Å². The third-order valence-electron chi connectivity index (χ3n) is 5.08. The van der Waals surface area contributed by atoms with E-state index in [1.807, 2.05) is 0 Å². The Morgan fingerprint density at radius 2 is 1.33 bits per heavy atom. The minimum Gasteiger partial charge on any atom is -0.603 e. The molecular weight excluding hydrogens is 586 g/mol. The maximum absolute atomic E-state index is 2.54. The zero-order valence-corrected chi connectivity index (χ0v) is 37.7. The Kier molecular flexibility index (Phi) is 30.9. The molecule has 6 heteroatoms. The Hall–Kier alpha value is 7.14. The number of hydrogen-bond donors (Lipinski definition) is 0. The van der Waals surface area contributed by atoms with E-state index < -0.39 is 0 Å². The van der Waals surface area contributed by atoms with Gasteiger partial charge in [-0.1, -0.05) is 34.2 Å². The molecule has 118 valence electrons. The average Bonchev–Trinajstić information content (AvgIpc) is 2.41. The molecule has 2 rings (SSSR count). The summed E-state index contributed by atoms with van der Waals surface area (Å²) in [5.41, 5.74) is 0. The minimum absolute atomic E-state index is 0. The van der Waals surface area contributed by atoms with Crippen LogP contribution < -0.4 is 233 Å². The van der Waals surface area contributed by atoms with Crippen LogP contribution in [0.3, 0.4) is 0 Å². The van der Waals surface area contributed by atoms with Crippen LogP contribution in [0.5, 0.6) is 0 Å². The summed E-state index contributed by atoms with van der Waals surface area (Å²) in [6, 6.07) is 0. The zero-order chi connectivity index (χ0) is 14.5. The second-order valence-electron chi connectivity index (χ2n) is 7.70. The van der Waals surface area contributed by atoms with Gasteiger partial charge in [-0.25, -0.2) is 0 Å². The van der Waals surface area contributed by atoms with Crippen molar-refractivity contribution in [3.05, 3.63) is 13.1 Å². The summed E-state index contributed by atoms with van der Waals surface area (Å²) >= 11 is 0. The molecule has 0 atom stereocenters. The van der Waals surface area contributed by atoms with Crippen LogP contribution in [0.1, 0.15) is 53.4 Å². The normalized spacial score (nSPS) is 25.2. The molecule has 0 radical (unpaired) electrons. The predicted molar refractivity (Wildman–Crippen MR) is 86.9 cm³/mol. The van der Waals surface area contributed by atoms with Gasteiger partial charge in [0.05, 0.1) is 0 Å². The van der Waals surface area contributed by atoms with Gasteiger partial charge < -0.3 is 9.80 Å². The zero-order valence-electron chi connectivity index (χ0n) is 18.0. The van der Waals surface area contributed by atoms with Crippen LogP contribution >= 0.6 is 0 Å². The van der Waals surface area contributed by atoms with E-state index in [2.05, 4.69) is 50.6 Å². The Balaban J connectivity index is -0.00000110. The first-order valence-electron chi connectivity index (χ1n) is 8.69. The van der Waals surface area contributed by atoms with Crippen LogP contribution in [0, 0.1) is 36.8 Å². The molecule has 0 unspecified atom stereocenters. The van der Waals surface area contributed by atoms with Crippen LogP contribution in [0.2, 0.25) is 0 Å². The standard InChI is InChI=1S/C18H34N2.4Rb/c1-15(2)13-19-9-11-20(12-10-19)14-17-5-7-18(8-6-17)16(3)4;;;;/h11-12,15-18H,5-10,13-14H2,1-4H3;;;;/q-2;4*+1. The maximum Gasteiger partial charge on any atom is 1.00 e. The van der Waals surface area contributed by atoms with Gasteiger partial charge in [0, 0.05) is 0 Å². The molecule has 1 saturated carbocycles. The molecule has 0 N–H and O–H groups in total. The van der Waals surface area contributed by atoms with E-state index in [1.165, 1.54) is 38.8 Å².